The van der Waals surface area contributed by atoms with Crippen molar-refractivity contribution in [3.63, 3.8) is 0 Å². The van der Waals surface area contributed by atoms with Crippen LogP contribution < -0.4 is 9.62 Å². The molecule has 0 unspecified atom stereocenters. The lowest BCUT2D eigenvalue weighted by Crippen LogP contribution is -2.46. The number of anilines is 1. The summed E-state index contributed by atoms with van der Waals surface area (Å²) < 4.78 is 63.3. The number of rotatable bonds is 8. The van der Waals surface area contributed by atoms with Crippen molar-refractivity contribution < 1.29 is 26.5 Å². The standard InChI is InChI=1S/C26H25F2N7O4S/c27-19-4-2-1-3-17(19)15-35-23(21-9-12-39-32-21)13-22(31-35)24-29-14-20(28)25(30-24)34-10-7-18(8-11-34)40(37,38)33-26(36)16-5-6-16/h1-4,9,12-14,16,18H,5-8,10-11,15H2,(H,33,36). The monoisotopic (exact) mass is 569 g/mol. The number of hydrogen-bond donors (Lipinski definition) is 1. The largest absolute Gasteiger partial charge is 0.364 e. The number of benzene rings is 1. The molecule has 0 radical (unpaired) electrons. The summed E-state index contributed by atoms with van der Waals surface area (Å²) in [6.07, 6.45) is 4.28. The third-order valence-electron chi connectivity index (χ3n) is 7.08. The number of nitrogens with one attached hydrogen (secondary N) is 1. The quantitative estimate of drug-likeness (QED) is 0.339. The molecule has 1 aliphatic heterocycles. The molecule has 2 fully saturated rings. The Morgan fingerprint density at radius 2 is 1.82 bits per heavy atom. The van der Waals surface area contributed by atoms with E-state index in [0.29, 0.717) is 35.5 Å². The number of carbonyl (C=O) groups is 1. The van der Waals surface area contributed by atoms with Crippen LogP contribution in [0.25, 0.3) is 22.9 Å². The highest BCUT2D eigenvalue weighted by Crippen LogP contribution is 2.31. The first kappa shape index (κ1) is 26.0. The van der Waals surface area contributed by atoms with Crippen molar-refractivity contribution in [1.29, 1.82) is 0 Å². The lowest BCUT2D eigenvalue weighted by molar-refractivity contribution is -0.120. The van der Waals surface area contributed by atoms with E-state index in [9.17, 15) is 22.0 Å². The highest BCUT2D eigenvalue weighted by atomic mass is 32.2. The van der Waals surface area contributed by atoms with Gasteiger partial charge in [0.1, 0.15) is 23.5 Å². The fraction of sp³-hybridized carbons (Fsp3) is 0.346. The maximum atomic E-state index is 14.9. The van der Waals surface area contributed by atoms with Crippen LogP contribution in [0.15, 0.2) is 53.4 Å². The summed E-state index contributed by atoms with van der Waals surface area (Å²) in [7, 11) is -3.81. The molecule has 1 amide bonds. The van der Waals surface area contributed by atoms with Gasteiger partial charge in [0, 0.05) is 30.6 Å². The zero-order valence-electron chi connectivity index (χ0n) is 21.2. The van der Waals surface area contributed by atoms with Gasteiger partial charge < -0.3 is 9.42 Å². The highest BCUT2D eigenvalue weighted by Gasteiger charge is 2.37. The number of piperidine rings is 1. The van der Waals surface area contributed by atoms with Crippen LogP contribution in [-0.2, 0) is 21.4 Å². The summed E-state index contributed by atoms with van der Waals surface area (Å²) in [5.41, 5.74) is 1.72. The molecule has 4 aromatic rings. The molecule has 1 aliphatic carbocycles. The molecule has 11 nitrogen and oxygen atoms in total. The van der Waals surface area contributed by atoms with Crippen LogP contribution >= 0.6 is 0 Å². The molecule has 0 atom stereocenters. The molecule has 3 aromatic heterocycles. The van der Waals surface area contributed by atoms with E-state index >= 15 is 0 Å². The van der Waals surface area contributed by atoms with Crippen molar-refractivity contribution in [3.05, 3.63) is 66.1 Å². The SMILES string of the molecule is O=C(NS(=O)(=O)C1CCN(c2nc(-c3cc(-c4ccon4)n(Cc4ccccc4F)n3)ncc2F)CC1)C1CC1. The molecule has 14 heteroatoms. The van der Waals surface area contributed by atoms with Gasteiger partial charge in [0.25, 0.3) is 0 Å². The Kier molecular flexibility index (Phi) is 6.78. The number of aromatic nitrogens is 5. The molecule has 1 aromatic carbocycles. The molecule has 4 heterocycles. The number of nitrogens with zero attached hydrogens (tertiary/aromatic N) is 6. The van der Waals surface area contributed by atoms with E-state index in [-0.39, 0.29) is 55.9 Å². The first-order chi connectivity index (χ1) is 19.3. The van der Waals surface area contributed by atoms with Gasteiger partial charge in [-0.2, -0.15) is 5.10 Å². The summed E-state index contributed by atoms with van der Waals surface area (Å²) in [5, 5.41) is 7.78. The van der Waals surface area contributed by atoms with Crippen LogP contribution in [0.3, 0.4) is 0 Å². The summed E-state index contributed by atoms with van der Waals surface area (Å²) >= 11 is 0. The van der Waals surface area contributed by atoms with Gasteiger partial charge in [0.05, 0.1) is 23.7 Å². The van der Waals surface area contributed by atoms with Gasteiger partial charge in [-0.05, 0) is 37.8 Å². The molecular weight excluding hydrogens is 544 g/mol. The molecule has 1 saturated carbocycles. The van der Waals surface area contributed by atoms with Crippen molar-refractivity contribution in [3.8, 4) is 22.9 Å². The fourth-order valence-electron chi connectivity index (χ4n) is 4.72. The number of halogens is 2. The molecule has 208 valence electrons. The van der Waals surface area contributed by atoms with E-state index in [1.54, 1.807) is 39.9 Å². The maximum Gasteiger partial charge on any atom is 0.237 e. The lowest BCUT2D eigenvalue weighted by Gasteiger charge is -2.32. The van der Waals surface area contributed by atoms with Crippen LogP contribution in [0.1, 0.15) is 31.2 Å². The second-order valence-electron chi connectivity index (χ2n) is 9.89. The van der Waals surface area contributed by atoms with Gasteiger partial charge >= 0.3 is 0 Å². The van der Waals surface area contributed by atoms with E-state index in [4.69, 9.17) is 4.52 Å². The van der Waals surface area contributed by atoms with Gasteiger partial charge in [-0.3, -0.25) is 14.2 Å². The molecule has 0 bridgehead atoms. The summed E-state index contributed by atoms with van der Waals surface area (Å²) in [5.74, 6) is -1.55. The minimum Gasteiger partial charge on any atom is -0.364 e. The molecule has 1 saturated heterocycles. The third-order valence-corrected chi connectivity index (χ3v) is 8.92. The van der Waals surface area contributed by atoms with Crippen molar-refractivity contribution in [2.45, 2.75) is 37.5 Å². The van der Waals surface area contributed by atoms with Crippen molar-refractivity contribution in [1.82, 2.24) is 29.6 Å². The maximum absolute atomic E-state index is 14.9. The van der Waals surface area contributed by atoms with Gasteiger partial charge in [-0.15, -0.1) is 0 Å². The minimum absolute atomic E-state index is 0.0227. The van der Waals surface area contributed by atoms with Crippen molar-refractivity contribution in [2.75, 3.05) is 18.0 Å². The van der Waals surface area contributed by atoms with Crippen LogP contribution in [-0.4, -0.2) is 57.6 Å². The normalized spacial score (nSPS) is 16.3. The number of carbonyl (C=O) groups excluding carboxylic acids is 1. The number of hydrogen-bond acceptors (Lipinski definition) is 9. The van der Waals surface area contributed by atoms with Gasteiger partial charge in [-0.1, -0.05) is 23.4 Å². The topological polar surface area (TPSA) is 136 Å². The van der Waals surface area contributed by atoms with Crippen LogP contribution in [0, 0.1) is 17.6 Å². The molecular formula is C26H25F2N7O4S. The van der Waals surface area contributed by atoms with Gasteiger partial charge in [0.2, 0.25) is 15.9 Å². The molecule has 40 heavy (non-hydrogen) atoms. The van der Waals surface area contributed by atoms with Crippen molar-refractivity contribution in [2.24, 2.45) is 5.92 Å². The summed E-state index contributed by atoms with van der Waals surface area (Å²) in [6.45, 7) is 0.549. The Bertz CT molecular complexity index is 1650. The second-order valence-corrected chi connectivity index (χ2v) is 11.8. The Hall–Kier alpha value is -4.20. The third kappa shape index (κ3) is 5.30. The van der Waals surface area contributed by atoms with E-state index in [0.717, 1.165) is 6.20 Å². The number of sulfonamides is 1. The average molecular weight is 570 g/mol. The zero-order valence-corrected chi connectivity index (χ0v) is 22.0. The average Bonchev–Trinajstić information content (AvgIpc) is 3.50. The zero-order chi connectivity index (χ0) is 27.9. The Morgan fingerprint density at radius 1 is 1.05 bits per heavy atom. The smallest absolute Gasteiger partial charge is 0.237 e. The summed E-state index contributed by atoms with van der Waals surface area (Å²) in [4.78, 5) is 22.2. The first-order valence-corrected chi connectivity index (χ1v) is 14.4. The van der Waals surface area contributed by atoms with E-state index in [1.807, 2.05) is 0 Å². The van der Waals surface area contributed by atoms with Gasteiger partial charge in [-0.25, -0.2) is 27.2 Å². The highest BCUT2D eigenvalue weighted by molar-refractivity contribution is 7.90. The second kappa shape index (κ2) is 10.4. The van der Waals surface area contributed by atoms with E-state index in [2.05, 4.69) is 24.9 Å². The Balaban J connectivity index is 1.24. The van der Waals surface area contributed by atoms with Crippen LogP contribution in [0.5, 0.6) is 0 Å². The van der Waals surface area contributed by atoms with E-state index < -0.39 is 27.0 Å². The molecule has 1 N–H and O–H groups in total. The predicted octanol–water partition coefficient (Wildman–Crippen LogP) is 3.15. The number of amides is 1. The minimum atomic E-state index is -3.81. The van der Waals surface area contributed by atoms with Crippen LogP contribution in [0.4, 0.5) is 14.6 Å². The van der Waals surface area contributed by atoms with E-state index in [1.165, 1.54) is 12.3 Å². The van der Waals surface area contributed by atoms with Gasteiger partial charge in [0.15, 0.2) is 17.5 Å². The molecule has 6 rings (SSSR count). The predicted molar refractivity (Wildman–Crippen MR) is 139 cm³/mol. The summed E-state index contributed by atoms with van der Waals surface area (Å²) in [6, 6.07) is 9.64. The fourth-order valence-corrected chi connectivity index (χ4v) is 6.16. The molecule has 2 aliphatic rings. The van der Waals surface area contributed by atoms with Crippen molar-refractivity contribution >= 4 is 21.7 Å². The lowest BCUT2D eigenvalue weighted by atomic mass is 10.1. The Labute approximate surface area is 228 Å². The first-order valence-electron chi connectivity index (χ1n) is 12.8. The van der Waals surface area contributed by atoms with Crippen LogP contribution in [0.2, 0.25) is 0 Å². The Morgan fingerprint density at radius 3 is 2.52 bits per heavy atom. The molecule has 0 spiro atoms.